The maximum Gasteiger partial charge on any atom is 0.318 e. The molecule has 1 aromatic rings. The van der Waals surface area contributed by atoms with Gasteiger partial charge in [0.05, 0.1) is 4.90 Å². The maximum atomic E-state index is 12.7. The van der Waals surface area contributed by atoms with Crippen molar-refractivity contribution in [2.24, 2.45) is 5.73 Å². The lowest BCUT2D eigenvalue weighted by molar-refractivity contribution is -0.120. The second-order valence-electron chi connectivity index (χ2n) is 5.34. The molecule has 10 heteroatoms. The monoisotopic (exact) mass is 418 g/mol. The van der Waals surface area contributed by atoms with Crippen LogP contribution in [0.3, 0.4) is 0 Å². The van der Waals surface area contributed by atoms with Gasteiger partial charge in [0.2, 0.25) is 15.9 Å². The molecule has 1 heterocycles. The Morgan fingerprint density at radius 1 is 1.17 bits per heavy atom. The number of nitrogens with one attached hydrogen (secondary N) is 1. The van der Waals surface area contributed by atoms with Crippen LogP contribution in [0.15, 0.2) is 33.6 Å². The van der Waals surface area contributed by atoms with Crippen LogP contribution in [-0.2, 0) is 14.8 Å². The van der Waals surface area contributed by atoms with Gasteiger partial charge in [-0.15, -0.1) is 0 Å². The van der Waals surface area contributed by atoms with E-state index in [1.54, 1.807) is 24.3 Å². The molecule has 0 radical (unpaired) electrons. The van der Waals surface area contributed by atoms with Gasteiger partial charge < -0.3 is 10.6 Å². The first kappa shape index (κ1) is 18.8. The van der Waals surface area contributed by atoms with Crippen molar-refractivity contribution >= 4 is 37.9 Å². The molecule has 132 valence electrons. The predicted octanol–water partition coefficient (Wildman–Crippen LogP) is 0.340. The molecule has 0 unspecified atom stereocenters. The Bertz CT molecular complexity index is 717. The summed E-state index contributed by atoms with van der Waals surface area (Å²) in [7, 11) is -3.54. The van der Waals surface area contributed by atoms with E-state index in [0.717, 1.165) is 0 Å². The fraction of sp³-hybridized carbons (Fsp3) is 0.429. The third-order valence-corrected chi connectivity index (χ3v) is 6.61. The highest BCUT2D eigenvalue weighted by Gasteiger charge is 2.29. The van der Waals surface area contributed by atoms with Crippen LogP contribution in [0.1, 0.15) is 6.42 Å². The highest BCUT2D eigenvalue weighted by molar-refractivity contribution is 9.10. The molecule has 3 amide bonds. The molecule has 0 bridgehead atoms. The van der Waals surface area contributed by atoms with Crippen LogP contribution in [0, 0.1) is 0 Å². The second kappa shape index (κ2) is 8.06. The number of primary amides is 1. The minimum Gasteiger partial charge on any atom is -0.351 e. The lowest BCUT2D eigenvalue weighted by Crippen LogP contribution is -2.49. The van der Waals surface area contributed by atoms with Crippen LogP contribution in [-0.4, -0.2) is 62.3 Å². The second-order valence-corrected chi connectivity index (χ2v) is 8.10. The molecule has 0 saturated carbocycles. The minimum absolute atomic E-state index is 0.139. The molecule has 1 aliphatic heterocycles. The van der Waals surface area contributed by atoms with Crippen molar-refractivity contribution in [2.75, 3.05) is 32.7 Å². The van der Waals surface area contributed by atoms with E-state index in [1.165, 1.54) is 4.31 Å². The highest BCUT2D eigenvalue weighted by Crippen LogP contribution is 2.25. The summed E-state index contributed by atoms with van der Waals surface area (Å²) in [4.78, 5) is 24.2. The lowest BCUT2D eigenvalue weighted by Gasteiger charge is -2.33. The number of hydrogen-bond donors (Lipinski definition) is 2. The van der Waals surface area contributed by atoms with Gasteiger partial charge in [-0.1, -0.05) is 12.1 Å². The molecule has 0 aromatic heterocycles. The molecule has 1 aromatic carbocycles. The van der Waals surface area contributed by atoms with E-state index in [1.807, 2.05) is 10.2 Å². The number of hydrogen-bond acceptors (Lipinski definition) is 5. The average Bonchev–Trinajstić information content (AvgIpc) is 2.53. The normalized spacial score (nSPS) is 16.7. The number of halogens is 1. The quantitative estimate of drug-likeness (QED) is 0.715. The van der Waals surface area contributed by atoms with E-state index in [4.69, 9.17) is 5.73 Å². The molecular weight excluding hydrogens is 400 g/mol. The van der Waals surface area contributed by atoms with Crippen molar-refractivity contribution in [3.8, 4) is 0 Å². The fourth-order valence-electron chi connectivity index (χ4n) is 2.45. The van der Waals surface area contributed by atoms with E-state index in [9.17, 15) is 18.0 Å². The van der Waals surface area contributed by atoms with Crippen molar-refractivity contribution in [2.45, 2.75) is 11.3 Å². The van der Waals surface area contributed by atoms with E-state index >= 15 is 0 Å². The molecule has 0 spiro atoms. The van der Waals surface area contributed by atoms with Crippen molar-refractivity contribution < 1.29 is 18.0 Å². The number of nitrogens with two attached hydrogens (primary N) is 1. The highest BCUT2D eigenvalue weighted by atomic mass is 79.9. The summed E-state index contributed by atoms with van der Waals surface area (Å²) in [6.45, 7) is 2.19. The molecule has 8 nitrogen and oxygen atoms in total. The molecule has 3 N–H and O–H groups in total. The summed E-state index contributed by atoms with van der Waals surface area (Å²) in [5, 5.41) is 2.00. The molecule has 0 aliphatic carbocycles. The molecular formula is C14H19BrN4O4S. The number of sulfonamides is 1. The minimum atomic E-state index is -3.54. The third kappa shape index (κ3) is 4.76. The van der Waals surface area contributed by atoms with Crippen LogP contribution in [0.25, 0.3) is 0 Å². The number of piperazine rings is 1. The van der Waals surface area contributed by atoms with Crippen LogP contribution in [0.4, 0.5) is 4.79 Å². The van der Waals surface area contributed by atoms with Crippen LogP contribution in [0.5, 0.6) is 0 Å². The fourth-order valence-corrected chi connectivity index (χ4v) is 4.83. The largest absolute Gasteiger partial charge is 0.351 e. The van der Waals surface area contributed by atoms with Crippen molar-refractivity contribution in [1.29, 1.82) is 0 Å². The summed E-state index contributed by atoms with van der Waals surface area (Å²) < 4.78 is 27.3. The average molecular weight is 419 g/mol. The molecule has 1 fully saturated rings. The Kier molecular flexibility index (Phi) is 6.33. The van der Waals surface area contributed by atoms with Gasteiger partial charge in [0, 0.05) is 43.6 Å². The SMILES string of the molecule is NC(=O)NC(=O)CCN1CCN(S(=O)(=O)c2ccccc2Br)CC1. The Morgan fingerprint density at radius 2 is 1.79 bits per heavy atom. The summed E-state index contributed by atoms with van der Waals surface area (Å²) in [5.74, 6) is -0.439. The summed E-state index contributed by atoms with van der Waals surface area (Å²) >= 11 is 3.27. The number of carbonyl (C=O) groups excluding carboxylic acids is 2. The Hall–Kier alpha value is -1.49. The number of rotatable bonds is 5. The number of benzene rings is 1. The first-order valence-corrected chi connectivity index (χ1v) is 9.60. The Labute approximate surface area is 149 Å². The smallest absolute Gasteiger partial charge is 0.318 e. The van der Waals surface area contributed by atoms with E-state index < -0.39 is 22.0 Å². The zero-order chi connectivity index (χ0) is 17.7. The first-order chi connectivity index (χ1) is 11.3. The molecule has 24 heavy (non-hydrogen) atoms. The van der Waals surface area contributed by atoms with Gasteiger partial charge in [0.15, 0.2) is 0 Å². The van der Waals surface area contributed by atoms with E-state index in [0.29, 0.717) is 37.2 Å². The summed E-state index contributed by atoms with van der Waals surface area (Å²) in [6, 6.07) is 5.84. The molecule has 1 aliphatic rings. The molecule has 2 rings (SSSR count). The zero-order valence-corrected chi connectivity index (χ0v) is 15.3. The lowest BCUT2D eigenvalue weighted by atomic mass is 10.3. The van der Waals surface area contributed by atoms with Crippen molar-refractivity contribution in [1.82, 2.24) is 14.5 Å². The predicted molar refractivity (Wildman–Crippen MR) is 91.7 cm³/mol. The molecule has 1 saturated heterocycles. The Balaban J connectivity index is 1.90. The van der Waals surface area contributed by atoms with Crippen molar-refractivity contribution in [3.63, 3.8) is 0 Å². The number of imide groups is 1. The number of amides is 3. The summed E-state index contributed by atoms with van der Waals surface area (Å²) in [6.07, 6.45) is 0.139. The van der Waals surface area contributed by atoms with Gasteiger partial charge in [-0.3, -0.25) is 10.1 Å². The van der Waals surface area contributed by atoms with E-state index in [-0.39, 0.29) is 11.3 Å². The maximum absolute atomic E-state index is 12.7. The number of carbonyl (C=O) groups is 2. The van der Waals surface area contributed by atoms with Gasteiger partial charge in [-0.2, -0.15) is 4.31 Å². The zero-order valence-electron chi connectivity index (χ0n) is 12.9. The van der Waals surface area contributed by atoms with E-state index in [2.05, 4.69) is 15.9 Å². The van der Waals surface area contributed by atoms with Crippen LogP contribution >= 0.6 is 15.9 Å². The standard InChI is InChI=1S/C14H19BrN4O4S/c15-11-3-1-2-4-12(11)24(22,23)19-9-7-18(8-10-19)6-5-13(20)17-14(16)21/h1-4H,5-10H2,(H3,16,17,20,21). The first-order valence-electron chi connectivity index (χ1n) is 7.37. The van der Waals surface area contributed by atoms with Crippen LogP contribution < -0.4 is 11.1 Å². The van der Waals surface area contributed by atoms with Gasteiger partial charge in [-0.25, -0.2) is 13.2 Å². The third-order valence-electron chi connectivity index (χ3n) is 3.70. The van der Waals surface area contributed by atoms with Gasteiger partial charge in [0.1, 0.15) is 0 Å². The molecule has 0 atom stereocenters. The van der Waals surface area contributed by atoms with Gasteiger partial charge >= 0.3 is 6.03 Å². The van der Waals surface area contributed by atoms with Gasteiger partial charge in [0.25, 0.3) is 0 Å². The summed E-state index contributed by atoms with van der Waals surface area (Å²) in [5.41, 5.74) is 4.87. The van der Waals surface area contributed by atoms with Crippen LogP contribution in [0.2, 0.25) is 0 Å². The van der Waals surface area contributed by atoms with Gasteiger partial charge in [-0.05, 0) is 28.1 Å². The topological polar surface area (TPSA) is 113 Å². The Morgan fingerprint density at radius 3 is 2.38 bits per heavy atom. The number of nitrogens with zero attached hydrogens (tertiary/aromatic N) is 2. The van der Waals surface area contributed by atoms with Crippen molar-refractivity contribution in [3.05, 3.63) is 28.7 Å². The number of urea groups is 1.